The van der Waals surface area contributed by atoms with Crippen molar-refractivity contribution in [2.24, 2.45) is 0 Å². The standard InChI is InChI=1S/C29H32BrN5O5/c1-37-18-22-16-32-27(31-15-20-11-12-23(38-2)14-24(20)39-3)25-26(30)33-28(35(22)25)21-10-7-13-34(17-21)40-29(36)19-8-5-4-6-9-19/h4-6,8-9,11-12,14,16,21H,7,10,13,15,17-18H2,1-3H3,(H,31,32)/t21-/m1/s1. The summed E-state index contributed by atoms with van der Waals surface area (Å²) in [5, 5.41) is 5.19. The fourth-order valence-electron chi connectivity index (χ4n) is 4.97. The van der Waals surface area contributed by atoms with Crippen molar-refractivity contribution in [2.45, 2.75) is 31.9 Å². The van der Waals surface area contributed by atoms with Crippen molar-refractivity contribution in [3.63, 3.8) is 0 Å². The monoisotopic (exact) mass is 609 g/mol. The second-order valence-corrected chi connectivity index (χ2v) is 10.2. The molecule has 210 valence electrons. The Hall–Kier alpha value is -3.67. The third-order valence-corrected chi connectivity index (χ3v) is 7.47. The first kappa shape index (κ1) is 27.9. The number of nitrogens with one attached hydrogen (secondary N) is 1. The van der Waals surface area contributed by atoms with Crippen molar-refractivity contribution in [3.8, 4) is 11.5 Å². The Morgan fingerprint density at radius 1 is 1.12 bits per heavy atom. The molecule has 0 radical (unpaired) electrons. The van der Waals surface area contributed by atoms with E-state index in [1.807, 2.05) is 36.4 Å². The number of methoxy groups -OCH3 is 3. The van der Waals surface area contributed by atoms with Crippen molar-refractivity contribution in [3.05, 3.63) is 82.0 Å². The van der Waals surface area contributed by atoms with Crippen LogP contribution < -0.4 is 14.8 Å². The van der Waals surface area contributed by atoms with E-state index in [0.29, 0.717) is 42.2 Å². The molecule has 0 aliphatic carbocycles. The number of benzene rings is 2. The highest BCUT2D eigenvalue weighted by molar-refractivity contribution is 9.10. The third kappa shape index (κ3) is 5.91. The minimum atomic E-state index is -0.361. The van der Waals surface area contributed by atoms with Gasteiger partial charge in [0.2, 0.25) is 0 Å². The van der Waals surface area contributed by atoms with Gasteiger partial charge < -0.3 is 24.4 Å². The van der Waals surface area contributed by atoms with Gasteiger partial charge in [0.25, 0.3) is 0 Å². The van der Waals surface area contributed by atoms with Gasteiger partial charge >= 0.3 is 5.97 Å². The van der Waals surface area contributed by atoms with Gasteiger partial charge in [-0.05, 0) is 53.0 Å². The molecule has 3 heterocycles. The quantitative estimate of drug-likeness (QED) is 0.259. The molecule has 10 nitrogen and oxygen atoms in total. The fraction of sp³-hybridized carbons (Fsp3) is 0.345. The zero-order valence-corrected chi connectivity index (χ0v) is 24.3. The Bertz CT molecular complexity index is 1480. The highest BCUT2D eigenvalue weighted by Gasteiger charge is 2.30. The molecule has 1 aliphatic rings. The molecule has 0 amide bonds. The Balaban J connectivity index is 1.42. The first-order valence-electron chi connectivity index (χ1n) is 13.0. The summed E-state index contributed by atoms with van der Waals surface area (Å²) >= 11 is 3.69. The number of ether oxygens (including phenoxy) is 3. The molecular weight excluding hydrogens is 578 g/mol. The fourth-order valence-corrected chi connectivity index (χ4v) is 5.52. The number of hydrogen-bond acceptors (Lipinski definition) is 9. The van der Waals surface area contributed by atoms with E-state index in [9.17, 15) is 4.79 Å². The first-order valence-corrected chi connectivity index (χ1v) is 13.8. The average Bonchev–Trinajstić information content (AvgIpc) is 3.35. The number of rotatable bonds is 10. The van der Waals surface area contributed by atoms with E-state index >= 15 is 0 Å². The highest BCUT2D eigenvalue weighted by Crippen LogP contribution is 2.34. The number of fused-ring (bicyclic) bond motifs is 1. The number of hydrogen-bond donors (Lipinski definition) is 1. The van der Waals surface area contributed by atoms with Crippen LogP contribution in [0.2, 0.25) is 0 Å². The molecule has 2 aromatic heterocycles. The van der Waals surface area contributed by atoms with Crippen molar-refractivity contribution in [2.75, 3.05) is 39.7 Å². The number of aromatic nitrogens is 3. The van der Waals surface area contributed by atoms with Crippen molar-refractivity contribution < 1.29 is 23.8 Å². The van der Waals surface area contributed by atoms with Gasteiger partial charge in [-0.1, -0.05) is 18.2 Å². The molecule has 2 aromatic carbocycles. The summed E-state index contributed by atoms with van der Waals surface area (Å²) in [5.74, 6) is 2.65. The van der Waals surface area contributed by atoms with Gasteiger partial charge in [0, 0.05) is 44.3 Å². The molecule has 0 bridgehead atoms. The summed E-state index contributed by atoms with van der Waals surface area (Å²) in [6.45, 7) is 2.05. The number of halogens is 1. The lowest BCUT2D eigenvalue weighted by molar-refractivity contribution is -0.124. The van der Waals surface area contributed by atoms with Gasteiger partial charge in [-0.3, -0.25) is 4.40 Å². The molecule has 1 N–H and O–H groups in total. The van der Waals surface area contributed by atoms with Crippen LogP contribution in [0.3, 0.4) is 0 Å². The molecule has 11 heteroatoms. The van der Waals surface area contributed by atoms with E-state index in [1.54, 1.807) is 44.7 Å². The largest absolute Gasteiger partial charge is 0.497 e. The molecule has 5 rings (SSSR count). The van der Waals surface area contributed by atoms with Gasteiger partial charge in [0.1, 0.15) is 27.4 Å². The van der Waals surface area contributed by atoms with Gasteiger partial charge in [-0.15, -0.1) is 5.06 Å². The van der Waals surface area contributed by atoms with Gasteiger partial charge in [-0.25, -0.2) is 14.8 Å². The minimum Gasteiger partial charge on any atom is -0.497 e. The van der Waals surface area contributed by atoms with Gasteiger partial charge in [0.05, 0.1) is 38.3 Å². The molecule has 1 atom stereocenters. The third-order valence-electron chi connectivity index (χ3n) is 6.92. The zero-order chi connectivity index (χ0) is 28.1. The lowest BCUT2D eigenvalue weighted by Gasteiger charge is -2.30. The van der Waals surface area contributed by atoms with Crippen LogP contribution >= 0.6 is 15.9 Å². The number of hydroxylamine groups is 2. The highest BCUT2D eigenvalue weighted by atomic mass is 79.9. The smallest absolute Gasteiger partial charge is 0.357 e. The summed E-state index contributed by atoms with van der Waals surface area (Å²) in [7, 11) is 4.92. The second kappa shape index (κ2) is 12.7. The maximum absolute atomic E-state index is 12.7. The second-order valence-electron chi connectivity index (χ2n) is 9.48. The predicted molar refractivity (Wildman–Crippen MR) is 154 cm³/mol. The molecule has 1 saturated heterocycles. The molecule has 1 fully saturated rings. The summed E-state index contributed by atoms with van der Waals surface area (Å²) in [5.41, 5.74) is 3.17. The topological polar surface area (TPSA) is 99.4 Å². The van der Waals surface area contributed by atoms with Crippen molar-refractivity contribution in [1.82, 2.24) is 19.4 Å². The van der Waals surface area contributed by atoms with Crippen LogP contribution in [-0.4, -0.2) is 59.8 Å². The number of carbonyl (C=O) groups excluding carboxylic acids is 1. The van der Waals surface area contributed by atoms with Gasteiger partial charge in [0.15, 0.2) is 5.82 Å². The minimum absolute atomic E-state index is 0.0312. The van der Waals surface area contributed by atoms with Gasteiger partial charge in [-0.2, -0.15) is 0 Å². The van der Waals surface area contributed by atoms with E-state index in [-0.39, 0.29) is 11.9 Å². The molecule has 0 saturated carbocycles. The molecule has 0 spiro atoms. The predicted octanol–water partition coefficient (Wildman–Crippen LogP) is 5.22. The Kier molecular flexibility index (Phi) is 8.83. The number of carbonyl (C=O) groups is 1. The van der Waals surface area contributed by atoms with Crippen molar-refractivity contribution >= 4 is 33.2 Å². The number of anilines is 1. The first-order chi connectivity index (χ1) is 19.5. The average molecular weight is 611 g/mol. The van der Waals surface area contributed by atoms with Crippen LogP contribution in [0, 0.1) is 0 Å². The Labute approximate surface area is 241 Å². The van der Waals surface area contributed by atoms with Crippen LogP contribution in [0.1, 0.15) is 46.2 Å². The molecule has 40 heavy (non-hydrogen) atoms. The summed E-state index contributed by atoms with van der Waals surface area (Å²) in [4.78, 5) is 28.1. The summed E-state index contributed by atoms with van der Waals surface area (Å²) in [6, 6.07) is 14.7. The molecule has 0 unspecified atom stereocenters. The lowest BCUT2D eigenvalue weighted by Crippen LogP contribution is -2.37. The molecular formula is C29H32BrN5O5. The van der Waals surface area contributed by atoms with E-state index in [0.717, 1.165) is 46.9 Å². The number of nitrogens with zero attached hydrogens (tertiary/aromatic N) is 4. The van der Waals surface area contributed by atoms with Crippen LogP contribution in [0.5, 0.6) is 11.5 Å². The van der Waals surface area contributed by atoms with E-state index in [4.69, 9.17) is 29.0 Å². The van der Waals surface area contributed by atoms with E-state index < -0.39 is 0 Å². The maximum atomic E-state index is 12.7. The maximum Gasteiger partial charge on any atom is 0.357 e. The van der Waals surface area contributed by atoms with Crippen molar-refractivity contribution in [1.29, 1.82) is 0 Å². The van der Waals surface area contributed by atoms with E-state index in [2.05, 4.69) is 25.6 Å². The Morgan fingerprint density at radius 3 is 2.70 bits per heavy atom. The Morgan fingerprint density at radius 2 is 1.95 bits per heavy atom. The SMILES string of the molecule is COCc1cnc(NCc2ccc(OC)cc2OC)c2c(Br)nc([C@@H]3CCCN(OC(=O)c4ccccc4)C3)n12. The zero-order valence-electron chi connectivity index (χ0n) is 22.7. The summed E-state index contributed by atoms with van der Waals surface area (Å²) in [6.07, 6.45) is 3.58. The number of piperidine rings is 1. The molecule has 1 aliphatic heterocycles. The normalized spacial score (nSPS) is 15.7. The summed E-state index contributed by atoms with van der Waals surface area (Å²) < 4.78 is 19.2. The van der Waals surface area contributed by atoms with Crippen LogP contribution in [-0.2, 0) is 22.7 Å². The van der Waals surface area contributed by atoms with Crippen LogP contribution in [0.25, 0.3) is 5.52 Å². The van der Waals surface area contributed by atoms with E-state index in [1.165, 1.54) is 0 Å². The van der Waals surface area contributed by atoms with Crippen LogP contribution in [0.4, 0.5) is 5.82 Å². The van der Waals surface area contributed by atoms with Crippen LogP contribution in [0.15, 0.2) is 59.3 Å². The number of imidazole rings is 1. The molecule has 4 aromatic rings. The lowest BCUT2D eigenvalue weighted by atomic mass is 9.98.